The summed E-state index contributed by atoms with van der Waals surface area (Å²) in [6.45, 7) is 6.25. The van der Waals surface area contributed by atoms with E-state index in [1.54, 1.807) is 32.9 Å². The molecule has 1 fully saturated rings. The molecule has 3 N–H and O–H groups in total. The van der Waals surface area contributed by atoms with Crippen LogP contribution in [0.2, 0.25) is 0 Å². The predicted molar refractivity (Wildman–Crippen MR) is 141 cm³/mol. The maximum atomic E-state index is 13.4. The first kappa shape index (κ1) is 29.5. The average molecular weight is 542 g/mol. The van der Waals surface area contributed by atoms with Gasteiger partial charge in [0.25, 0.3) is 5.91 Å². The van der Waals surface area contributed by atoms with Crippen LogP contribution in [0.15, 0.2) is 36.4 Å². The number of nitrogens with zero attached hydrogens (tertiary/aromatic N) is 4. The van der Waals surface area contributed by atoms with Gasteiger partial charge in [0.2, 0.25) is 5.91 Å². The van der Waals surface area contributed by atoms with E-state index in [0.717, 1.165) is 0 Å². The van der Waals surface area contributed by atoms with Crippen molar-refractivity contribution in [2.45, 2.75) is 45.1 Å². The molecule has 12 heteroatoms. The Balaban J connectivity index is 1.84. The van der Waals surface area contributed by atoms with Crippen molar-refractivity contribution in [2.24, 2.45) is 0 Å². The minimum atomic E-state index is -1.12. The second-order valence-electron chi connectivity index (χ2n) is 9.84. The van der Waals surface area contributed by atoms with Crippen LogP contribution >= 0.6 is 0 Å². The summed E-state index contributed by atoms with van der Waals surface area (Å²) in [4.78, 5) is 62.0. The third-order valence-electron chi connectivity index (χ3n) is 6.45. The van der Waals surface area contributed by atoms with Crippen LogP contribution in [0.25, 0.3) is 11.4 Å². The molecule has 1 saturated heterocycles. The quantitative estimate of drug-likeness (QED) is 0.406. The minimum Gasteiger partial charge on any atom is -0.481 e. The van der Waals surface area contributed by atoms with E-state index in [1.165, 1.54) is 15.9 Å². The highest BCUT2D eigenvalue weighted by Gasteiger charge is 2.32. The smallest absolute Gasteiger partial charge is 0.409 e. The number of piperazine rings is 1. The third-order valence-corrected chi connectivity index (χ3v) is 6.45. The van der Waals surface area contributed by atoms with Crippen molar-refractivity contribution in [3.63, 3.8) is 0 Å². The molecule has 39 heavy (non-hydrogen) atoms. The van der Waals surface area contributed by atoms with Crippen LogP contribution in [0.1, 0.15) is 49.8 Å². The number of benzene rings is 1. The van der Waals surface area contributed by atoms with Gasteiger partial charge in [0.05, 0.1) is 18.9 Å². The van der Waals surface area contributed by atoms with Crippen LogP contribution in [0.5, 0.6) is 0 Å². The number of carboxylic acid groups (broad SMARTS) is 1. The molecule has 1 aromatic carbocycles. The molecule has 1 atom stereocenters. The van der Waals surface area contributed by atoms with E-state index in [1.807, 2.05) is 18.2 Å². The molecule has 2 heterocycles. The van der Waals surface area contributed by atoms with E-state index in [9.17, 15) is 29.4 Å². The zero-order chi connectivity index (χ0) is 28.6. The number of amides is 3. The molecule has 0 bridgehead atoms. The lowest BCUT2D eigenvalue weighted by atomic mass is 9.89. The van der Waals surface area contributed by atoms with E-state index in [4.69, 9.17) is 4.74 Å². The number of aliphatic hydroxyl groups is 1. The summed E-state index contributed by atoms with van der Waals surface area (Å²) in [5.41, 5.74) is 0.312. The fraction of sp³-hybridized carbons (Fsp3) is 0.481. The molecule has 0 radical (unpaired) electrons. The summed E-state index contributed by atoms with van der Waals surface area (Å²) < 4.78 is 5.01. The molecular formula is C27H35N5O7. The number of carbonyl (C=O) groups is 4. The Bertz CT molecular complexity index is 1180. The van der Waals surface area contributed by atoms with E-state index in [-0.39, 0.29) is 63.8 Å². The van der Waals surface area contributed by atoms with Gasteiger partial charge in [-0.05, 0) is 19.4 Å². The fourth-order valence-corrected chi connectivity index (χ4v) is 4.01. The Morgan fingerprint density at radius 2 is 1.69 bits per heavy atom. The number of carbonyl (C=O) groups excluding carboxylic acids is 3. The van der Waals surface area contributed by atoms with Crippen molar-refractivity contribution < 1.29 is 34.1 Å². The summed E-state index contributed by atoms with van der Waals surface area (Å²) in [5.74, 6) is -1.93. The van der Waals surface area contributed by atoms with Crippen LogP contribution in [0, 0.1) is 0 Å². The molecule has 1 aliphatic heterocycles. The summed E-state index contributed by atoms with van der Waals surface area (Å²) >= 11 is 0. The number of nitrogens with one attached hydrogen (secondary N) is 1. The largest absolute Gasteiger partial charge is 0.481 e. The molecule has 1 aliphatic rings. The van der Waals surface area contributed by atoms with Crippen LogP contribution in [-0.2, 0) is 19.7 Å². The maximum absolute atomic E-state index is 13.4. The summed E-state index contributed by atoms with van der Waals surface area (Å²) in [5, 5.41) is 21.8. The number of aliphatic hydroxyl groups excluding tert-OH is 1. The number of carboxylic acids is 1. The molecule has 1 unspecified atom stereocenters. The first-order valence-corrected chi connectivity index (χ1v) is 12.8. The van der Waals surface area contributed by atoms with Crippen molar-refractivity contribution in [3.8, 4) is 11.4 Å². The summed E-state index contributed by atoms with van der Waals surface area (Å²) in [7, 11) is 0. The first-order valence-electron chi connectivity index (χ1n) is 12.8. The summed E-state index contributed by atoms with van der Waals surface area (Å²) in [6.07, 6.45) is -0.912. The predicted octanol–water partition coefficient (Wildman–Crippen LogP) is 1.68. The minimum absolute atomic E-state index is 0.0133. The van der Waals surface area contributed by atoms with Gasteiger partial charge in [0.15, 0.2) is 5.82 Å². The van der Waals surface area contributed by atoms with Gasteiger partial charge in [-0.2, -0.15) is 0 Å². The lowest BCUT2D eigenvalue weighted by Crippen LogP contribution is -2.56. The number of ether oxygens (including phenoxy) is 1. The second kappa shape index (κ2) is 13.1. The van der Waals surface area contributed by atoms with Crippen molar-refractivity contribution in [2.75, 3.05) is 39.4 Å². The van der Waals surface area contributed by atoms with Crippen molar-refractivity contribution in [1.82, 2.24) is 25.1 Å². The summed E-state index contributed by atoms with van der Waals surface area (Å²) in [6, 6.07) is 9.39. The Kier molecular flexibility index (Phi) is 9.94. The van der Waals surface area contributed by atoms with Gasteiger partial charge in [0.1, 0.15) is 11.7 Å². The molecule has 0 aliphatic carbocycles. The molecule has 0 saturated carbocycles. The van der Waals surface area contributed by atoms with Gasteiger partial charge in [-0.25, -0.2) is 14.8 Å². The normalized spacial score (nSPS) is 14.5. The van der Waals surface area contributed by atoms with Crippen LogP contribution < -0.4 is 5.32 Å². The van der Waals surface area contributed by atoms with Crippen LogP contribution in [0.4, 0.5) is 4.79 Å². The number of aliphatic carboxylic acids is 1. The molecule has 1 aromatic heterocycles. The Hall–Kier alpha value is -4.06. The van der Waals surface area contributed by atoms with Gasteiger partial charge in [-0.3, -0.25) is 14.4 Å². The maximum Gasteiger partial charge on any atom is 0.409 e. The zero-order valence-corrected chi connectivity index (χ0v) is 22.4. The van der Waals surface area contributed by atoms with Crippen LogP contribution in [-0.4, -0.2) is 99.3 Å². The number of hydrogen-bond acceptors (Lipinski definition) is 8. The molecule has 0 spiro atoms. The van der Waals surface area contributed by atoms with E-state index < -0.39 is 35.3 Å². The lowest BCUT2D eigenvalue weighted by molar-refractivity contribution is -0.138. The van der Waals surface area contributed by atoms with Crippen molar-refractivity contribution in [3.05, 3.63) is 47.8 Å². The number of aromatic nitrogens is 2. The number of rotatable bonds is 10. The highest BCUT2D eigenvalue weighted by atomic mass is 16.6. The van der Waals surface area contributed by atoms with Gasteiger partial charge < -0.3 is 30.1 Å². The zero-order valence-electron chi connectivity index (χ0n) is 22.4. The molecule has 12 nitrogen and oxygen atoms in total. The SMILES string of the molecule is CCOC(=O)N1CCN(C(=O)C(CCC(=O)O)NC(=O)c2cc(C(C)(C)CO)nc(-c3ccccc3)n2)CC1. The molecular weight excluding hydrogens is 506 g/mol. The van der Waals surface area contributed by atoms with Crippen molar-refractivity contribution in [1.29, 1.82) is 0 Å². The van der Waals surface area contributed by atoms with Gasteiger partial charge >= 0.3 is 12.1 Å². The Morgan fingerprint density at radius 1 is 1.05 bits per heavy atom. The fourth-order valence-electron chi connectivity index (χ4n) is 4.01. The highest BCUT2D eigenvalue weighted by molar-refractivity contribution is 5.96. The molecule has 3 amide bonds. The lowest BCUT2D eigenvalue weighted by Gasteiger charge is -2.36. The van der Waals surface area contributed by atoms with Crippen molar-refractivity contribution >= 4 is 23.9 Å². The van der Waals surface area contributed by atoms with E-state index in [0.29, 0.717) is 11.3 Å². The monoisotopic (exact) mass is 541 g/mol. The second-order valence-corrected chi connectivity index (χ2v) is 9.84. The molecule has 2 aromatic rings. The number of hydrogen-bond donors (Lipinski definition) is 3. The average Bonchev–Trinajstić information content (AvgIpc) is 2.95. The standard InChI is InChI=1S/C27H35N5O7/c1-4-39-26(38)32-14-12-31(13-15-32)25(37)19(10-11-22(34)35)29-24(36)20-16-21(27(2,3)17-33)30-23(28-20)18-8-6-5-7-9-18/h5-9,16,19,33H,4,10-15,17H2,1-3H3,(H,29,36)(H,34,35). The Morgan fingerprint density at radius 3 is 2.28 bits per heavy atom. The first-order chi connectivity index (χ1) is 18.6. The highest BCUT2D eigenvalue weighted by Crippen LogP contribution is 2.24. The van der Waals surface area contributed by atoms with Crippen LogP contribution in [0.3, 0.4) is 0 Å². The molecule has 3 rings (SSSR count). The van der Waals surface area contributed by atoms with Gasteiger partial charge in [-0.1, -0.05) is 44.2 Å². The van der Waals surface area contributed by atoms with Gasteiger partial charge in [-0.15, -0.1) is 0 Å². The van der Waals surface area contributed by atoms with E-state index >= 15 is 0 Å². The van der Waals surface area contributed by atoms with E-state index in [2.05, 4.69) is 15.3 Å². The van der Waals surface area contributed by atoms with Gasteiger partial charge in [0, 0.05) is 43.6 Å². The Labute approximate surface area is 227 Å². The third kappa shape index (κ3) is 7.73. The molecule has 210 valence electrons. The topological polar surface area (TPSA) is 162 Å².